The summed E-state index contributed by atoms with van der Waals surface area (Å²) < 4.78 is 10.3. The van der Waals surface area contributed by atoms with Gasteiger partial charge in [0.25, 0.3) is 5.91 Å². The number of ether oxygens (including phenoxy) is 2. The highest BCUT2D eigenvalue weighted by molar-refractivity contribution is 6.32. The topological polar surface area (TPSA) is 47.6 Å². The Bertz CT molecular complexity index is 432. The number of nitrogens with one attached hydrogen (secondary N) is 1. The summed E-state index contributed by atoms with van der Waals surface area (Å²) in [6.07, 6.45) is 0. The Morgan fingerprint density at radius 1 is 1.33 bits per heavy atom. The highest BCUT2D eigenvalue weighted by Crippen LogP contribution is 2.35. The molecule has 0 atom stereocenters. The number of methoxy groups -OCH3 is 2. The normalized spacial score (nSPS) is 10.3. The van der Waals surface area contributed by atoms with Crippen LogP contribution in [-0.4, -0.2) is 26.7 Å². The zero-order valence-corrected chi connectivity index (χ0v) is 11.8. The van der Waals surface area contributed by atoms with Gasteiger partial charge < -0.3 is 14.8 Å². The summed E-state index contributed by atoms with van der Waals surface area (Å²) in [5, 5.41) is 3.17. The largest absolute Gasteiger partial charge is 0.493 e. The Kier molecular flexibility index (Phi) is 5.28. The monoisotopic (exact) mass is 271 g/mol. The summed E-state index contributed by atoms with van der Waals surface area (Å²) in [5.74, 6) is 1.09. The van der Waals surface area contributed by atoms with Crippen molar-refractivity contribution < 1.29 is 14.3 Å². The molecule has 18 heavy (non-hydrogen) atoms. The molecular formula is C13H18ClNO3. The lowest BCUT2D eigenvalue weighted by Gasteiger charge is -2.12. The number of rotatable bonds is 5. The lowest BCUT2D eigenvalue weighted by molar-refractivity contribution is 0.0948. The van der Waals surface area contributed by atoms with Crippen molar-refractivity contribution in [3.63, 3.8) is 0 Å². The van der Waals surface area contributed by atoms with Gasteiger partial charge in [0.1, 0.15) is 0 Å². The predicted octanol–water partition coefficient (Wildman–Crippen LogP) is 2.74. The maximum absolute atomic E-state index is 11.9. The third-order valence-electron chi connectivity index (χ3n) is 2.37. The number of hydrogen-bond acceptors (Lipinski definition) is 3. The first kappa shape index (κ1) is 14.6. The van der Waals surface area contributed by atoms with Crippen molar-refractivity contribution in [1.29, 1.82) is 0 Å². The van der Waals surface area contributed by atoms with Crippen LogP contribution in [0.3, 0.4) is 0 Å². The second-order valence-electron chi connectivity index (χ2n) is 4.30. The van der Waals surface area contributed by atoms with E-state index in [1.165, 1.54) is 14.2 Å². The van der Waals surface area contributed by atoms with Crippen LogP contribution in [0.25, 0.3) is 0 Å². The van der Waals surface area contributed by atoms with Gasteiger partial charge in [-0.3, -0.25) is 4.79 Å². The Morgan fingerprint density at radius 2 is 2.00 bits per heavy atom. The molecule has 1 aromatic carbocycles. The Balaban J connectivity index is 2.97. The van der Waals surface area contributed by atoms with E-state index in [4.69, 9.17) is 21.1 Å². The van der Waals surface area contributed by atoms with E-state index >= 15 is 0 Å². The van der Waals surface area contributed by atoms with Gasteiger partial charge in [-0.05, 0) is 18.1 Å². The van der Waals surface area contributed by atoms with E-state index in [9.17, 15) is 4.79 Å². The highest BCUT2D eigenvalue weighted by Gasteiger charge is 2.15. The third-order valence-corrected chi connectivity index (χ3v) is 2.65. The minimum absolute atomic E-state index is 0.174. The summed E-state index contributed by atoms with van der Waals surface area (Å²) in [5.41, 5.74) is 0.457. The minimum Gasteiger partial charge on any atom is -0.493 e. The van der Waals surface area contributed by atoms with Gasteiger partial charge in [-0.2, -0.15) is 0 Å². The van der Waals surface area contributed by atoms with Gasteiger partial charge in [0, 0.05) is 12.1 Å². The van der Waals surface area contributed by atoms with Crippen molar-refractivity contribution in [2.75, 3.05) is 20.8 Å². The SMILES string of the molecule is COc1cc(C(=O)NCC(C)C)cc(Cl)c1OC. The first-order chi connectivity index (χ1) is 8.49. The first-order valence-electron chi connectivity index (χ1n) is 5.69. The molecule has 5 heteroatoms. The molecule has 0 aromatic heterocycles. The first-order valence-corrected chi connectivity index (χ1v) is 6.07. The van der Waals surface area contributed by atoms with E-state index in [0.717, 1.165) is 0 Å². The van der Waals surface area contributed by atoms with Gasteiger partial charge in [-0.15, -0.1) is 0 Å². The van der Waals surface area contributed by atoms with E-state index in [0.29, 0.717) is 34.5 Å². The van der Waals surface area contributed by atoms with Crippen LogP contribution in [0.5, 0.6) is 11.5 Å². The van der Waals surface area contributed by atoms with Crippen molar-refractivity contribution in [3.05, 3.63) is 22.7 Å². The summed E-state index contributed by atoms with van der Waals surface area (Å²) in [6, 6.07) is 3.18. The molecule has 0 aliphatic rings. The van der Waals surface area contributed by atoms with Gasteiger partial charge in [0.2, 0.25) is 0 Å². The second-order valence-corrected chi connectivity index (χ2v) is 4.70. The number of halogens is 1. The molecule has 0 aliphatic carbocycles. The molecule has 1 N–H and O–H groups in total. The molecule has 0 spiro atoms. The van der Waals surface area contributed by atoms with E-state index in [1.807, 2.05) is 13.8 Å². The van der Waals surface area contributed by atoms with Crippen molar-refractivity contribution in [2.45, 2.75) is 13.8 Å². The van der Waals surface area contributed by atoms with Crippen molar-refractivity contribution in [1.82, 2.24) is 5.32 Å². The average molecular weight is 272 g/mol. The molecule has 0 saturated carbocycles. The zero-order valence-electron chi connectivity index (χ0n) is 11.0. The Labute approximate surface area is 112 Å². The summed E-state index contributed by atoms with van der Waals surface area (Å²) in [4.78, 5) is 11.9. The number of carbonyl (C=O) groups excluding carboxylic acids is 1. The average Bonchev–Trinajstić information content (AvgIpc) is 2.34. The fourth-order valence-electron chi connectivity index (χ4n) is 1.45. The van der Waals surface area contributed by atoms with E-state index in [-0.39, 0.29) is 5.91 Å². The van der Waals surface area contributed by atoms with Crippen LogP contribution in [0.1, 0.15) is 24.2 Å². The molecule has 0 radical (unpaired) electrons. The highest BCUT2D eigenvalue weighted by atomic mass is 35.5. The molecular weight excluding hydrogens is 254 g/mol. The fourth-order valence-corrected chi connectivity index (χ4v) is 1.74. The number of carbonyl (C=O) groups is 1. The number of amides is 1. The van der Waals surface area contributed by atoms with E-state index < -0.39 is 0 Å². The molecule has 0 heterocycles. The standard InChI is InChI=1S/C13H18ClNO3/c1-8(2)7-15-13(16)9-5-10(14)12(18-4)11(6-9)17-3/h5-6,8H,7H2,1-4H3,(H,15,16). The second kappa shape index (κ2) is 6.50. The van der Waals surface area contributed by atoms with Crippen LogP contribution in [0, 0.1) is 5.92 Å². The molecule has 0 unspecified atom stereocenters. The lowest BCUT2D eigenvalue weighted by Crippen LogP contribution is -2.27. The summed E-state index contributed by atoms with van der Waals surface area (Å²) >= 11 is 6.04. The lowest BCUT2D eigenvalue weighted by atomic mass is 10.1. The molecule has 0 bridgehead atoms. The maximum Gasteiger partial charge on any atom is 0.251 e. The number of benzene rings is 1. The molecule has 1 rings (SSSR count). The van der Waals surface area contributed by atoms with Crippen molar-refractivity contribution >= 4 is 17.5 Å². The van der Waals surface area contributed by atoms with Crippen LogP contribution >= 0.6 is 11.6 Å². The molecule has 4 nitrogen and oxygen atoms in total. The van der Waals surface area contributed by atoms with Crippen LogP contribution < -0.4 is 14.8 Å². The molecule has 1 amide bonds. The smallest absolute Gasteiger partial charge is 0.251 e. The van der Waals surface area contributed by atoms with Gasteiger partial charge in [-0.25, -0.2) is 0 Å². The quantitative estimate of drug-likeness (QED) is 0.896. The minimum atomic E-state index is -0.174. The maximum atomic E-state index is 11.9. The fraction of sp³-hybridized carbons (Fsp3) is 0.462. The van der Waals surface area contributed by atoms with Gasteiger partial charge >= 0.3 is 0 Å². The number of hydrogen-bond donors (Lipinski definition) is 1. The van der Waals surface area contributed by atoms with Gasteiger partial charge in [-0.1, -0.05) is 25.4 Å². The summed E-state index contributed by atoms with van der Waals surface area (Å²) in [6.45, 7) is 4.68. The van der Waals surface area contributed by atoms with Crippen LogP contribution in [0.15, 0.2) is 12.1 Å². The molecule has 100 valence electrons. The van der Waals surface area contributed by atoms with Crippen LogP contribution in [0.4, 0.5) is 0 Å². The van der Waals surface area contributed by atoms with Crippen molar-refractivity contribution in [2.24, 2.45) is 5.92 Å². The van der Waals surface area contributed by atoms with Crippen molar-refractivity contribution in [3.8, 4) is 11.5 Å². The third kappa shape index (κ3) is 3.53. The predicted molar refractivity (Wildman–Crippen MR) is 71.7 cm³/mol. The summed E-state index contributed by atoms with van der Waals surface area (Å²) in [7, 11) is 3.01. The van der Waals surface area contributed by atoms with Gasteiger partial charge in [0.15, 0.2) is 11.5 Å². The Morgan fingerprint density at radius 3 is 2.50 bits per heavy atom. The molecule has 1 aromatic rings. The van der Waals surface area contributed by atoms with E-state index in [1.54, 1.807) is 12.1 Å². The van der Waals surface area contributed by atoms with Crippen LogP contribution in [-0.2, 0) is 0 Å². The molecule has 0 fully saturated rings. The molecule has 0 saturated heterocycles. The zero-order chi connectivity index (χ0) is 13.7. The van der Waals surface area contributed by atoms with E-state index in [2.05, 4.69) is 5.32 Å². The Hall–Kier alpha value is -1.42. The van der Waals surface area contributed by atoms with Gasteiger partial charge in [0.05, 0.1) is 19.2 Å². The van der Waals surface area contributed by atoms with Crippen LogP contribution in [0.2, 0.25) is 5.02 Å². The molecule has 0 aliphatic heterocycles.